The molecule has 2 aromatic rings. The molecule has 0 aliphatic rings. The highest BCUT2D eigenvalue weighted by Crippen LogP contribution is 2.20. The molecule has 0 radical (unpaired) electrons. The molecule has 2 aromatic carbocycles. The van der Waals surface area contributed by atoms with Gasteiger partial charge in [-0.15, -0.1) is 0 Å². The summed E-state index contributed by atoms with van der Waals surface area (Å²) in [5.74, 6) is -1.82. The zero-order valence-corrected chi connectivity index (χ0v) is 11.8. The van der Waals surface area contributed by atoms with Crippen LogP contribution in [-0.2, 0) is 6.42 Å². The van der Waals surface area contributed by atoms with E-state index < -0.39 is 11.6 Å². The Morgan fingerprint density at radius 3 is 2.15 bits per heavy atom. The lowest BCUT2D eigenvalue weighted by Gasteiger charge is -2.11. The van der Waals surface area contributed by atoms with Gasteiger partial charge in [0.15, 0.2) is 5.78 Å². The lowest BCUT2D eigenvalue weighted by atomic mass is 9.94. The first-order valence-corrected chi connectivity index (χ1v) is 6.43. The van der Waals surface area contributed by atoms with Crippen molar-refractivity contribution in [1.82, 2.24) is 0 Å². The average Bonchev–Trinajstić information content (AvgIpc) is 2.33. The van der Waals surface area contributed by atoms with Gasteiger partial charge >= 0.3 is 0 Å². The maximum Gasteiger partial charge on any atom is 0.170 e. The number of carbonyl (C=O) groups excluding carboxylic acids is 1. The minimum absolute atomic E-state index is 0.0641. The monoisotopic (exact) mass is 274 g/mol. The van der Waals surface area contributed by atoms with E-state index >= 15 is 0 Å². The number of rotatable bonds is 3. The molecule has 104 valence electrons. The van der Waals surface area contributed by atoms with Gasteiger partial charge in [-0.25, -0.2) is 8.78 Å². The number of hydrogen-bond acceptors (Lipinski definition) is 1. The molecule has 0 aliphatic carbocycles. The van der Waals surface area contributed by atoms with E-state index in [0.29, 0.717) is 0 Å². The van der Waals surface area contributed by atoms with Gasteiger partial charge in [0, 0.05) is 12.5 Å². The maximum absolute atomic E-state index is 13.6. The van der Waals surface area contributed by atoms with Crippen LogP contribution >= 0.6 is 0 Å². The van der Waals surface area contributed by atoms with Crippen LogP contribution in [0.4, 0.5) is 8.78 Å². The van der Waals surface area contributed by atoms with Crippen molar-refractivity contribution in [3.05, 3.63) is 69.8 Å². The molecule has 0 saturated carbocycles. The van der Waals surface area contributed by atoms with Crippen molar-refractivity contribution < 1.29 is 13.6 Å². The second kappa shape index (κ2) is 5.53. The predicted octanol–water partition coefficient (Wildman–Crippen LogP) is 4.32. The fraction of sp³-hybridized carbons (Fsp3) is 0.235. The highest BCUT2D eigenvalue weighted by atomic mass is 19.1. The van der Waals surface area contributed by atoms with Gasteiger partial charge in [-0.05, 0) is 49.6 Å². The van der Waals surface area contributed by atoms with E-state index in [0.717, 1.165) is 34.4 Å². The minimum atomic E-state index is -0.808. The Bertz CT molecular complexity index is 652. The molecule has 0 unspecified atom stereocenters. The van der Waals surface area contributed by atoms with E-state index in [-0.39, 0.29) is 17.8 Å². The summed E-state index contributed by atoms with van der Waals surface area (Å²) in [5, 5.41) is 0. The molecule has 1 nitrogen and oxygen atoms in total. The molecule has 0 N–H and O–H groups in total. The highest BCUT2D eigenvalue weighted by molar-refractivity contribution is 5.98. The van der Waals surface area contributed by atoms with E-state index in [2.05, 4.69) is 0 Å². The lowest BCUT2D eigenvalue weighted by molar-refractivity contribution is 0.0988. The molecule has 0 atom stereocenters. The molecule has 0 heterocycles. The molecule has 3 heteroatoms. The molecule has 0 saturated heterocycles. The first-order chi connectivity index (χ1) is 9.38. The number of aryl methyl sites for hydroxylation is 3. The average molecular weight is 274 g/mol. The van der Waals surface area contributed by atoms with Crippen LogP contribution in [-0.4, -0.2) is 5.78 Å². The van der Waals surface area contributed by atoms with Crippen LogP contribution in [0.15, 0.2) is 30.3 Å². The molecule has 2 rings (SSSR count). The fourth-order valence-electron chi connectivity index (χ4n) is 2.46. The van der Waals surface area contributed by atoms with Gasteiger partial charge in [-0.2, -0.15) is 0 Å². The van der Waals surface area contributed by atoms with E-state index in [4.69, 9.17) is 0 Å². The number of benzene rings is 2. The zero-order valence-electron chi connectivity index (χ0n) is 11.8. The number of halogens is 2. The summed E-state index contributed by atoms with van der Waals surface area (Å²) in [5.41, 5.74) is 4.00. The summed E-state index contributed by atoms with van der Waals surface area (Å²) in [6, 6.07) is 7.03. The number of ketones is 1. The third-order valence-corrected chi connectivity index (χ3v) is 3.41. The number of carbonyl (C=O) groups is 1. The lowest BCUT2D eigenvalue weighted by Crippen LogP contribution is -2.09. The Balaban J connectivity index is 2.33. The third kappa shape index (κ3) is 2.93. The van der Waals surface area contributed by atoms with Crippen LogP contribution < -0.4 is 0 Å². The molecular formula is C17H16F2O. The van der Waals surface area contributed by atoms with E-state index in [1.54, 1.807) is 0 Å². The Hall–Kier alpha value is -2.03. The molecule has 20 heavy (non-hydrogen) atoms. The Kier molecular flexibility index (Phi) is 3.98. The van der Waals surface area contributed by atoms with Gasteiger partial charge in [0.25, 0.3) is 0 Å². The van der Waals surface area contributed by atoms with Gasteiger partial charge in [0.1, 0.15) is 11.6 Å². The number of hydrogen-bond donors (Lipinski definition) is 0. The second-order valence-corrected chi connectivity index (χ2v) is 5.10. The third-order valence-electron chi connectivity index (χ3n) is 3.41. The van der Waals surface area contributed by atoms with Crippen LogP contribution in [0.1, 0.15) is 32.6 Å². The quantitative estimate of drug-likeness (QED) is 0.762. The first kappa shape index (κ1) is 14.4. The molecule has 0 fully saturated rings. The Morgan fingerprint density at radius 1 is 1.00 bits per heavy atom. The van der Waals surface area contributed by atoms with Gasteiger partial charge in [0.05, 0.1) is 5.56 Å². The fourth-order valence-corrected chi connectivity index (χ4v) is 2.46. The topological polar surface area (TPSA) is 17.1 Å². The summed E-state index contributed by atoms with van der Waals surface area (Å²) in [4.78, 5) is 12.2. The maximum atomic E-state index is 13.6. The molecule has 0 aliphatic heterocycles. The standard InChI is InChI=1S/C17H16F2O/c1-10-6-11(2)15(12(3)7-10)9-17(20)14-5-4-13(18)8-16(14)19/h4-8H,9H2,1-3H3. The van der Waals surface area contributed by atoms with Crippen LogP contribution in [0.3, 0.4) is 0 Å². The van der Waals surface area contributed by atoms with Crippen molar-refractivity contribution in [2.45, 2.75) is 27.2 Å². The smallest absolute Gasteiger partial charge is 0.170 e. The van der Waals surface area contributed by atoms with Crippen molar-refractivity contribution in [3.8, 4) is 0 Å². The largest absolute Gasteiger partial charge is 0.294 e. The molecule has 0 amide bonds. The summed E-state index contributed by atoms with van der Waals surface area (Å²) in [6.45, 7) is 5.86. The van der Waals surface area contributed by atoms with Gasteiger partial charge in [-0.3, -0.25) is 4.79 Å². The van der Waals surface area contributed by atoms with E-state index in [1.165, 1.54) is 6.07 Å². The SMILES string of the molecule is Cc1cc(C)c(CC(=O)c2ccc(F)cc2F)c(C)c1. The van der Waals surface area contributed by atoms with E-state index in [1.807, 2.05) is 32.9 Å². The van der Waals surface area contributed by atoms with Crippen molar-refractivity contribution in [2.75, 3.05) is 0 Å². The summed E-state index contributed by atoms with van der Waals surface area (Å²) >= 11 is 0. The van der Waals surface area contributed by atoms with Crippen LogP contribution in [0.25, 0.3) is 0 Å². The highest BCUT2D eigenvalue weighted by Gasteiger charge is 2.15. The Morgan fingerprint density at radius 2 is 1.60 bits per heavy atom. The van der Waals surface area contributed by atoms with Crippen molar-refractivity contribution >= 4 is 5.78 Å². The summed E-state index contributed by atoms with van der Waals surface area (Å²) in [7, 11) is 0. The van der Waals surface area contributed by atoms with Crippen molar-refractivity contribution in [1.29, 1.82) is 0 Å². The minimum Gasteiger partial charge on any atom is -0.294 e. The number of Topliss-reactive ketones (excluding diaryl/α,β-unsaturated/α-hetero) is 1. The van der Waals surface area contributed by atoms with E-state index in [9.17, 15) is 13.6 Å². The second-order valence-electron chi connectivity index (χ2n) is 5.10. The van der Waals surface area contributed by atoms with Gasteiger partial charge < -0.3 is 0 Å². The summed E-state index contributed by atoms with van der Waals surface area (Å²) < 4.78 is 26.5. The Labute approximate surface area is 117 Å². The van der Waals surface area contributed by atoms with Crippen LogP contribution in [0, 0.1) is 32.4 Å². The predicted molar refractivity (Wildman–Crippen MR) is 75.0 cm³/mol. The van der Waals surface area contributed by atoms with Gasteiger partial charge in [0.2, 0.25) is 0 Å². The summed E-state index contributed by atoms with van der Waals surface area (Å²) in [6.07, 6.45) is 0.125. The molecule has 0 bridgehead atoms. The van der Waals surface area contributed by atoms with Crippen molar-refractivity contribution in [3.63, 3.8) is 0 Å². The van der Waals surface area contributed by atoms with Gasteiger partial charge in [-0.1, -0.05) is 17.7 Å². The van der Waals surface area contributed by atoms with Crippen LogP contribution in [0.5, 0.6) is 0 Å². The normalized spacial score (nSPS) is 10.7. The van der Waals surface area contributed by atoms with Crippen molar-refractivity contribution in [2.24, 2.45) is 0 Å². The molecular weight excluding hydrogens is 258 g/mol. The molecule has 0 spiro atoms. The first-order valence-electron chi connectivity index (χ1n) is 6.43. The van der Waals surface area contributed by atoms with Crippen LogP contribution in [0.2, 0.25) is 0 Å². The zero-order chi connectivity index (χ0) is 14.9. The molecule has 0 aromatic heterocycles.